The van der Waals surface area contributed by atoms with E-state index in [4.69, 9.17) is 0 Å². The zero-order valence-corrected chi connectivity index (χ0v) is 5.17. The number of halogens is 4. The first-order valence-electron chi connectivity index (χ1n) is 2.56. The molecule has 2 atom stereocenters. The van der Waals surface area contributed by atoms with E-state index in [9.17, 15) is 17.6 Å². The Morgan fingerprint density at radius 1 is 1.11 bits per heavy atom. The van der Waals surface area contributed by atoms with E-state index < -0.39 is 18.3 Å². The summed E-state index contributed by atoms with van der Waals surface area (Å²) >= 11 is 0. The topological polar surface area (TPSA) is 0 Å². The van der Waals surface area contributed by atoms with E-state index >= 15 is 0 Å². The Bertz CT molecular complexity index is 83.4. The minimum atomic E-state index is -4.39. The van der Waals surface area contributed by atoms with Crippen LogP contribution in [-0.2, 0) is 0 Å². The Balaban J connectivity index is 3.88. The highest BCUT2D eigenvalue weighted by Crippen LogP contribution is 2.29. The third kappa shape index (κ3) is 2.67. The Labute approximate surface area is 50.9 Å². The van der Waals surface area contributed by atoms with Crippen LogP contribution in [0.15, 0.2) is 0 Å². The van der Waals surface area contributed by atoms with Crippen LogP contribution in [-0.4, -0.2) is 12.3 Å². The molecule has 0 saturated carbocycles. The van der Waals surface area contributed by atoms with E-state index in [2.05, 4.69) is 0 Å². The van der Waals surface area contributed by atoms with Crippen molar-refractivity contribution in [2.24, 2.45) is 5.92 Å². The van der Waals surface area contributed by atoms with Gasteiger partial charge in [0.15, 0.2) is 0 Å². The summed E-state index contributed by atoms with van der Waals surface area (Å²) in [4.78, 5) is 0. The molecule has 0 aliphatic heterocycles. The van der Waals surface area contributed by atoms with Gasteiger partial charge < -0.3 is 0 Å². The molecule has 4 heteroatoms. The lowest BCUT2D eigenvalue weighted by atomic mass is 10.1. The summed E-state index contributed by atoms with van der Waals surface area (Å²) in [6, 6.07) is 0. The first kappa shape index (κ1) is 8.72. The van der Waals surface area contributed by atoms with Gasteiger partial charge in [0.2, 0.25) is 0 Å². The van der Waals surface area contributed by atoms with Gasteiger partial charge in [0, 0.05) is 0 Å². The maximum absolute atomic E-state index is 11.9. The van der Waals surface area contributed by atoms with Crippen LogP contribution in [0.2, 0.25) is 0 Å². The maximum atomic E-state index is 11.9. The average Bonchev–Trinajstić information content (AvgIpc) is 1.62. The van der Waals surface area contributed by atoms with Crippen molar-refractivity contribution < 1.29 is 17.6 Å². The summed E-state index contributed by atoms with van der Waals surface area (Å²) in [5.74, 6) is -1.85. The SMILES string of the molecule is CC([C@@H](C)F)C(F)(F)F. The minimum absolute atomic E-state index is 0.824. The standard InChI is InChI=1S/C5H8F4/c1-3(4(2)6)5(7,8)9/h3-4H,1-2H3/t3?,4-/m1/s1. The van der Waals surface area contributed by atoms with Crippen molar-refractivity contribution in [3.8, 4) is 0 Å². The summed E-state index contributed by atoms with van der Waals surface area (Å²) in [6.07, 6.45) is -6.21. The number of hydrogen-bond acceptors (Lipinski definition) is 0. The predicted octanol–water partition coefficient (Wildman–Crippen LogP) is 2.54. The van der Waals surface area contributed by atoms with Crippen LogP contribution in [0, 0.1) is 5.92 Å². The van der Waals surface area contributed by atoms with Crippen LogP contribution in [0.5, 0.6) is 0 Å². The van der Waals surface area contributed by atoms with Gasteiger partial charge >= 0.3 is 6.18 Å². The molecule has 0 nitrogen and oxygen atoms in total. The Morgan fingerprint density at radius 2 is 1.44 bits per heavy atom. The molecule has 0 saturated heterocycles. The van der Waals surface area contributed by atoms with Crippen molar-refractivity contribution in [2.45, 2.75) is 26.2 Å². The normalized spacial score (nSPS) is 19.3. The maximum Gasteiger partial charge on any atom is 0.394 e. The first-order valence-corrected chi connectivity index (χ1v) is 2.56. The van der Waals surface area contributed by atoms with Gasteiger partial charge in [0.1, 0.15) is 6.17 Å². The Morgan fingerprint density at radius 3 is 1.44 bits per heavy atom. The van der Waals surface area contributed by atoms with Gasteiger partial charge in [-0.3, -0.25) is 0 Å². The summed E-state index contributed by atoms with van der Waals surface area (Å²) in [6.45, 7) is 1.73. The van der Waals surface area contributed by atoms with Crippen LogP contribution < -0.4 is 0 Å². The van der Waals surface area contributed by atoms with Crippen LogP contribution in [0.3, 0.4) is 0 Å². The van der Waals surface area contributed by atoms with E-state index in [1.807, 2.05) is 0 Å². The zero-order chi connectivity index (χ0) is 7.65. The molecule has 0 heterocycles. The summed E-state index contributed by atoms with van der Waals surface area (Å²) in [5, 5.41) is 0. The molecule has 0 aromatic rings. The number of alkyl halides is 4. The van der Waals surface area contributed by atoms with E-state index in [0.717, 1.165) is 13.8 Å². The fraction of sp³-hybridized carbons (Fsp3) is 1.00. The van der Waals surface area contributed by atoms with Gasteiger partial charge in [-0.25, -0.2) is 4.39 Å². The molecule has 0 aliphatic carbocycles. The molecule has 56 valence electrons. The predicted molar refractivity (Wildman–Crippen MR) is 25.8 cm³/mol. The Kier molecular flexibility index (Phi) is 2.46. The van der Waals surface area contributed by atoms with Gasteiger partial charge in [-0.2, -0.15) is 13.2 Å². The molecule has 0 fully saturated rings. The molecule has 0 spiro atoms. The zero-order valence-electron chi connectivity index (χ0n) is 5.17. The minimum Gasteiger partial charge on any atom is -0.247 e. The van der Waals surface area contributed by atoms with E-state index in [1.54, 1.807) is 0 Å². The third-order valence-electron chi connectivity index (χ3n) is 1.21. The van der Waals surface area contributed by atoms with Gasteiger partial charge in [-0.15, -0.1) is 0 Å². The lowest BCUT2D eigenvalue weighted by Gasteiger charge is -2.15. The summed E-state index contributed by atoms with van der Waals surface area (Å²) < 4.78 is 46.3. The van der Waals surface area contributed by atoms with Crippen LogP contribution >= 0.6 is 0 Å². The van der Waals surface area contributed by atoms with Gasteiger partial charge in [0.05, 0.1) is 5.92 Å². The highest BCUT2D eigenvalue weighted by atomic mass is 19.4. The van der Waals surface area contributed by atoms with Crippen LogP contribution in [0.1, 0.15) is 13.8 Å². The highest BCUT2D eigenvalue weighted by Gasteiger charge is 2.39. The number of rotatable bonds is 1. The fourth-order valence-corrected chi connectivity index (χ4v) is 0.260. The molecular formula is C5H8F4. The molecule has 0 bridgehead atoms. The molecule has 0 N–H and O–H groups in total. The van der Waals surface area contributed by atoms with Crippen molar-refractivity contribution in [1.29, 1.82) is 0 Å². The first-order chi connectivity index (χ1) is 3.85. The second-order valence-electron chi connectivity index (χ2n) is 2.01. The van der Waals surface area contributed by atoms with Crippen molar-refractivity contribution >= 4 is 0 Å². The Hall–Kier alpha value is -0.280. The highest BCUT2D eigenvalue weighted by molar-refractivity contribution is 4.66. The lowest BCUT2D eigenvalue weighted by molar-refractivity contribution is -0.183. The van der Waals surface area contributed by atoms with E-state index in [-0.39, 0.29) is 0 Å². The van der Waals surface area contributed by atoms with E-state index in [1.165, 1.54) is 0 Å². The smallest absolute Gasteiger partial charge is 0.247 e. The van der Waals surface area contributed by atoms with Crippen LogP contribution in [0.25, 0.3) is 0 Å². The largest absolute Gasteiger partial charge is 0.394 e. The second-order valence-corrected chi connectivity index (χ2v) is 2.01. The summed E-state index contributed by atoms with van der Waals surface area (Å²) in [7, 11) is 0. The molecule has 0 aromatic carbocycles. The van der Waals surface area contributed by atoms with Gasteiger partial charge in [-0.1, -0.05) is 6.92 Å². The monoisotopic (exact) mass is 144 g/mol. The average molecular weight is 144 g/mol. The van der Waals surface area contributed by atoms with Gasteiger partial charge in [-0.05, 0) is 6.92 Å². The van der Waals surface area contributed by atoms with Crippen molar-refractivity contribution in [1.82, 2.24) is 0 Å². The van der Waals surface area contributed by atoms with Crippen molar-refractivity contribution in [3.63, 3.8) is 0 Å². The van der Waals surface area contributed by atoms with Crippen molar-refractivity contribution in [3.05, 3.63) is 0 Å². The molecule has 0 rings (SSSR count). The molecule has 1 unspecified atom stereocenters. The third-order valence-corrected chi connectivity index (χ3v) is 1.21. The van der Waals surface area contributed by atoms with E-state index in [0.29, 0.717) is 0 Å². The molecule has 0 aromatic heterocycles. The van der Waals surface area contributed by atoms with Crippen molar-refractivity contribution in [2.75, 3.05) is 0 Å². The molecular weight excluding hydrogens is 136 g/mol. The second kappa shape index (κ2) is 2.54. The molecule has 0 amide bonds. The molecule has 9 heavy (non-hydrogen) atoms. The van der Waals surface area contributed by atoms with Crippen LogP contribution in [0.4, 0.5) is 17.6 Å². The summed E-state index contributed by atoms with van der Waals surface area (Å²) in [5.41, 5.74) is 0. The molecule has 0 radical (unpaired) electrons. The number of hydrogen-bond donors (Lipinski definition) is 0. The quantitative estimate of drug-likeness (QED) is 0.496. The van der Waals surface area contributed by atoms with Gasteiger partial charge in [0.25, 0.3) is 0 Å². The fourth-order valence-electron chi connectivity index (χ4n) is 0.260. The lowest BCUT2D eigenvalue weighted by Crippen LogP contribution is -2.26. The molecule has 0 aliphatic rings.